The highest BCUT2D eigenvalue weighted by Crippen LogP contribution is 2.25. The average Bonchev–Trinajstić information content (AvgIpc) is 2.45. The lowest BCUT2D eigenvalue weighted by Crippen LogP contribution is -2.35. The zero-order valence-corrected chi connectivity index (χ0v) is 14.0. The highest BCUT2D eigenvalue weighted by Gasteiger charge is 2.06. The van der Waals surface area contributed by atoms with E-state index in [9.17, 15) is 0 Å². The minimum atomic E-state index is 0.784. The van der Waals surface area contributed by atoms with Gasteiger partial charge in [-0.15, -0.1) is 0 Å². The van der Waals surface area contributed by atoms with Crippen LogP contribution in [0.1, 0.15) is 12.0 Å². The molecule has 0 radical (unpaired) electrons. The van der Waals surface area contributed by atoms with Gasteiger partial charge in [-0.05, 0) is 36.6 Å². The Kier molecular flexibility index (Phi) is 6.85. The lowest BCUT2D eigenvalue weighted by Gasteiger charge is -2.22. The van der Waals surface area contributed by atoms with Crippen LogP contribution in [-0.2, 0) is 6.42 Å². The quantitative estimate of drug-likeness (QED) is 0.457. The predicted octanol–water partition coefficient (Wildman–Crippen LogP) is 2.12. The largest absolute Gasteiger partial charge is 0.497 e. The van der Waals surface area contributed by atoms with Crippen LogP contribution in [0.15, 0.2) is 23.2 Å². The molecule has 0 unspecified atom stereocenters. The minimum absolute atomic E-state index is 0.784. The molecule has 0 amide bonds. The maximum atomic E-state index is 5.39. The molecule has 1 aromatic rings. The van der Waals surface area contributed by atoms with Gasteiger partial charge in [0, 0.05) is 34.7 Å². The summed E-state index contributed by atoms with van der Waals surface area (Å²) in [6.07, 6.45) is 1.88. The van der Waals surface area contributed by atoms with E-state index in [1.165, 1.54) is 0 Å². The van der Waals surface area contributed by atoms with Crippen LogP contribution < -0.4 is 9.47 Å². The van der Waals surface area contributed by atoms with Gasteiger partial charge in [0.05, 0.1) is 14.2 Å². The van der Waals surface area contributed by atoms with E-state index >= 15 is 0 Å². The number of guanidine groups is 1. The third kappa shape index (κ3) is 5.17. The number of methoxy groups -OCH3 is 2. The van der Waals surface area contributed by atoms with E-state index in [0.29, 0.717) is 0 Å². The van der Waals surface area contributed by atoms with Crippen molar-refractivity contribution in [3.8, 4) is 11.5 Å². The van der Waals surface area contributed by atoms with Crippen LogP contribution in [0, 0.1) is 0 Å². The smallest absolute Gasteiger partial charge is 0.195 e. The van der Waals surface area contributed by atoms with Crippen LogP contribution >= 0.6 is 0 Å². The molecule has 0 aliphatic heterocycles. The lowest BCUT2D eigenvalue weighted by atomic mass is 10.1. The Morgan fingerprint density at radius 2 is 1.71 bits per heavy atom. The van der Waals surface area contributed by atoms with Crippen LogP contribution in [0.4, 0.5) is 0 Å². The summed E-state index contributed by atoms with van der Waals surface area (Å²) in [6.45, 7) is 0.784. The van der Waals surface area contributed by atoms with E-state index in [-0.39, 0.29) is 0 Å². The standard InChI is InChI=1S/C16H27N3O2/c1-18(2)16(19(3)4)17-11-7-8-13-12-14(20-5)9-10-15(13)21-6/h9-10,12H,7-8,11H2,1-6H3. The first kappa shape index (κ1) is 17.1. The molecule has 0 saturated carbocycles. The fraction of sp³-hybridized carbons (Fsp3) is 0.562. The van der Waals surface area contributed by atoms with E-state index in [1.54, 1.807) is 14.2 Å². The highest BCUT2D eigenvalue weighted by atomic mass is 16.5. The summed E-state index contributed by atoms with van der Waals surface area (Å²) < 4.78 is 10.7. The molecule has 0 bridgehead atoms. The summed E-state index contributed by atoms with van der Waals surface area (Å²) >= 11 is 0. The number of benzene rings is 1. The fourth-order valence-electron chi connectivity index (χ4n) is 2.21. The number of hydrogen-bond acceptors (Lipinski definition) is 3. The second kappa shape index (κ2) is 8.39. The summed E-state index contributed by atoms with van der Waals surface area (Å²) in [5, 5.41) is 0. The number of aryl methyl sites for hydroxylation is 1. The molecule has 0 aliphatic carbocycles. The minimum Gasteiger partial charge on any atom is -0.497 e. The Hall–Kier alpha value is -1.91. The molecule has 118 valence electrons. The normalized spacial score (nSPS) is 10.0. The number of ether oxygens (including phenoxy) is 2. The van der Waals surface area contributed by atoms with Gasteiger partial charge in [0.1, 0.15) is 11.5 Å². The van der Waals surface area contributed by atoms with Gasteiger partial charge in [0.25, 0.3) is 0 Å². The van der Waals surface area contributed by atoms with Crippen molar-refractivity contribution in [1.29, 1.82) is 0 Å². The molecule has 0 fully saturated rings. The molecule has 5 nitrogen and oxygen atoms in total. The molecule has 0 spiro atoms. The van der Waals surface area contributed by atoms with Crippen molar-refractivity contribution in [3.05, 3.63) is 23.8 Å². The van der Waals surface area contributed by atoms with Crippen molar-refractivity contribution in [2.24, 2.45) is 4.99 Å². The zero-order chi connectivity index (χ0) is 15.8. The average molecular weight is 293 g/mol. The summed E-state index contributed by atoms with van der Waals surface area (Å²) in [7, 11) is 11.4. The molecule has 21 heavy (non-hydrogen) atoms. The van der Waals surface area contributed by atoms with Crippen molar-refractivity contribution in [3.63, 3.8) is 0 Å². The predicted molar refractivity (Wildman–Crippen MR) is 87.5 cm³/mol. The fourth-order valence-corrected chi connectivity index (χ4v) is 2.21. The van der Waals surface area contributed by atoms with Gasteiger partial charge in [-0.3, -0.25) is 4.99 Å². The summed E-state index contributed by atoms with van der Waals surface area (Å²) in [5.41, 5.74) is 1.16. The van der Waals surface area contributed by atoms with Crippen LogP contribution in [0.25, 0.3) is 0 Å². The first-order valence-electron chi connectivity index (χ1n) is 7.09. The van der Waals surface area contributed by atoms with E-state index in [4.69, 9.17) is 9.47 Å². The first-order valence-corrected chi connectivity index (χ1v) is 7.09. The van der Waals surface area contributed by atoms with Crippen molar-refractivity contribution in [2.45, 2.75) is 12.8 Å². The van der Waals surface area contributed by atoms with Crippen molar-refractivity contribution in [2.75, 3.05) is 49.0 Å². The second-order valence-corrected chi connectivity index (χ2v) is 5.25. The Balaban J connectivity index is 2.65. The molecule has 1 rings (SSSR count). The molecular formula is C16H27N3O2. The monoisotopic (exact) mass is 293 g/mol. The molecule has 0 heterocycles. The first-order chi connectivity index (χ1) is 9.99. The van der Waals surface area contributed by atoms with Crippen LogP contribution in [0.3, 0.4) is 0 Å². The Morgan fingerprint density at radius 1 is 1.05 bits per heavy atom. The molecule has 0 aliphatic rings. The van der Waals surface area contributed by atoms with E-state index < -0.39 is 0 Å². The molecule has 0 saturated heterocycles. The number of hydrogen-bond donors (Lipinski definition) is 0. The zero-order valence-electron chi connectivity index (χ0n) is 14.0. The summed E-state index contributed by atoms with van der Waals surface area (Å²) in [4.78, 5) is 8.67. The summed E-state index contributed by atoms with van der Waals surface area (Å²) in [6, 6.07) is 5.89. The molecule has 0 atom stereocenters. The van der Waals surface area contributed by atoms with Gasteiger partial charge in [-0.2, -0.15) is 0 Å². The lowest BCUT2D eigenvalue weighted by molar-refractivity contribution is 0.398. The van der Waals surface area contributed by atoms with Crippen LogP contribution in [-0.4, -0.2) is 64.7 Å². The molecule has 0 aromatic heterocycles. The van der Waals surface area contributed by atoms with Gasteiger partial charge in [0.2, 0.25) is 0 Å². The molecular weight excluding hydrogens is 266 g/mol. The maximum Gasteiger partial charge on any atom is 0.195 e. The van der Waals surface area contributed by atoms with Gasteiger partial charge in [0.15, 0.2) is 5.96 Å². The van der Waals surface area contributed by atoms with Crippen LogP contribution in [0.2, 0.25) is 0 Å². The Morgan fingerprint density at radius 3 is 2.24 bits per heavy atom. The molecule has 1 aromatic carbocycles. The van der Waals surface area contributed by atoms with Crippen LogP contribution in [0.5, 0.6) is 11.5 Å². The van der Waals surface area contributed by atoms with Crippen molar-refractivity contribution in [1.82, 2.24) is 9.80 Å². The molecule has 0 N–H and O–H groups in total. The third-order valence-electron chi connectivity index (χ3n) is 3.15. The Labute approximate surface area is 128 Å². The number of aliphatic imine (C=N–C) groups is 1. The number of nitrogens with zero attached hydrogens (tertiary/aromatic N) is 3. The van der Waals surface area contributed by atoms with E-state index in [1.807, 2.05) is 56.2 Å². The van der Waals surface area contributed by atoms with E-state index in [2.05, 4.69) is 4.99 Å². The second-order valence-electron chi connectivity index (χ2n) is 5.25. The van der Waals surface area contributed by atoms with Gasteiger partial charge in [-0.25, -0.2) is 0 Å². The van der Waals surface area contributed by atoms with Gasteiger partial charge in [-0.1, -0.05) is 0 Å². The van der Waals surface area contributed by atoms with Crippen molar-refractivity contribution < 1.29 is 9.47 Å². The van der Waals surface area contributed by atoms with Gasteiger partial charge >= 0.3 is 0 Å². The Bertz CT molecular complexity index is 461. The SMILES string of the molecule is COc1ccc(OC)c(CCCN=C(N(C)C)N(C)C)c1. The molecule has 5 heteroatoms. The van der Waals surface area contributed by atoms with E-state index in [0.717, 1.165) is 42.4 Å². The number of rotatable bonds is 6. The van der Waals surface area contributed by atoms with Crippen molar-refractivity contribution >= 4 is 5.96 Å². The summed E-state index contributed by atoms with van der Waals surface area (Å²) in [5.74, 6) is 2.74. The highest BCUT2D eigenvalue weighted by molar-refractivity contribution is 5.79. The topological polar surface area (TPSA) is 37.3 Å². The van der Waals surface area contributed by atoms with Gasteiger partial charge < -0.3 is 19.3 Å². The third-order valence-corrected chi connectivity index (χ3v) is 3.15. The maximum absolute atomic E-state index is 5.39.